The summed E-state index contributed by atoms with van der Waals surface area (Å²) in [5.74, 6) is -0.709. The summed E-state index contributed by atoms with van der Waals surface area (Å²) in [6, 6.07) is 13.1. The fraction of sp³-hybridized carbons (Fsp3) is 0.0909. The van der Waals surface area contributed by atoms with Crippen molar-refractivity contribution in [2.24, 2.45) is 0 Å². The number of halogens is 2. The lowest BCUT2D eigenvalue weighted by Gasteiger charge is -2.21. The molecule has 6 heteroatoms. The molecule has 4 nitrogen and oxygen atoms in total. The molecule has 2 amide bonds. The minimum absolute atomic E-state index is 0.177. The summed E-state index contributed by atoms with van der Waals surface area (Å²) < 4.78 is 0. The Kier molecular flexibility index (Phi) is 8.05. The monoisotopic (exact) mass is 414 g/mol. The van der Waals surface area contributed by atoms with Gasteiger partial charge in [-0.2, -0.15) is 0 Å². The third kappa shape index (κ3) is 6.12. The van der Waals surface area contributed by atoms with E-state index in [9.17, 15) is 9.59 Å². The van der Waals surface area contributed by atoms with Gasteiger partial charge in [-0.1, -0.05) is 66.7 Å². The highest BCUT2D eigenvalue weighted by Gasteiger charge is 2.18. The molecular weight excluding hydrogens is 395 g/mol. The number of carbonyl (C=O) groups excluding carboxylic acids is 2. The van der Waals surface area contributed by atoms with Crippen molar-refractivity contribution in [2.75, 3.05) is 6.54 Å². The van der Waals surface area contributed by atoms with E-state index in [0.717, 1.165) is 11.1 Å². The van der Waals surface area contributed by atoms with Crippen LogP contribution < -0.4 is 10.6 Å². The molecule has 1 atom stereocenters. The summed E-state index contributed by atoms with van der Waals surface area (Å²) in [6.07, 6.45) is 5.03. The van der Waals surface area contributed by atoms with Gasteiger partial charge in [-0.15, -0.1) is 0 Å². The normalized spacial score (nSPS) is 12.0. The molecule has 0 heterocycles. The highest BCUT2D eigenvalue weighted by molar-refractivity contribution is 6.30. The zero-order valence-electron chi connectivity index (χ0n) is 15.1. The molecule has 0 bridgehead atoms. The van der Waals surface area contributed by atoms with Crippen molar-refractivity contribution in [2.45, 2.75) is 6.04 Å². The highest BCUT2D eigenvalue weighted by atomic mass is 35.5. The Labute approximate surface area is 174 Å². The van der Waals surface area contributed by atoms with Crippen LogP contribution in [0.15, 0.2) is 85.5 Å². The van der Waals surface area contributed by atoms with Gasteiger partial charge in [0.2, 0.25) is 5.91 Å². The van der Waals surface area contributed by atoms with E-state index >= 15 is 0 Å². The van der Waals surface area contributed by atoms with Gasteiger partial charge in [-0.25, -0.2) is 0 Å². The Morgan fingerprint density at radius 3 is 2.07 bits per heavy atom. The van der Waals surface area contributed by atoms with Crippen LogP contribution in [0, 0.1) is 0 Å². The maximum Gasteiger partial charge on any atom is 0.251 e. The summed E-state index contributed by atoms with van der Waals surface area (Å²) in [4.78, 5) is 24.6. The van der Waals surface area contributed by atoms with Crippen molar-refractivity contribution < 1.29 is 9.59 Å². The SMILES string of the molecule is C=C/C=C(\C=C)[C@@H](NC(=O)CNC(=O)c1ccc(Cl)cc1)c1ccc(Cl)cc1. The van der Waals surface area contributed by atoms with Gasteiger partial charge in [0.25, 0.3) is 5.91 Å². The van der Waals surface area contributed by atoms with E-state index in [1.807, 2.05) is 12.1 Å². The Hall–Kier alpha value is -2.82. The Balaban J connectivity index is 2.09. The van der Waals surface area contributed by atoms with Gasteiger partial charge in [-0.05, 0) is 47.5 Å². The van der Waals surface area contributed by atoms with Crippen LogP contribution in [0.1, 0.15) is 22.0 Å². The molecule has 28 heavy (non-hydrogen) atoms. The first-order chi connectivity index (χ1) is 13.4. The first-order valence-electron chi connectivity index (χ1n) is 8.48. The molecule has 0 aromatic heterocycles. The maximum atomic E-state index is 12.4. The molecular formula is C22H20Cl2N2O2. The fourth-order valence-corrected chi connectivity index (χ4v) is 2.76. The average molecular weight is 415 g/mol. The summed E-state index contributed by atoms with van der Waals surface area (Å²) >= 11 is 11.8. The third-order valence-electron chi connectivity index (χ3n) is 3.90. The molecule has 0 aliphatic rings. The van der Waals surface area contributed by atoms with Crippen molar-refractivity contribution >= 4 is 35.0 Å². The second-order valence-corrected chi connectivity index (χ2v) is 6.72. The molecule has 0 saturated heterocycles. The third-order valence-corrected chi connectivity index (χ3v) is 4.41. The molecule has 0 aliphatic heterocycles. The van der Waals surface area contributed by atoms with E-state index in [-0.39, 0.29) is 18.4 Å². The Morgan fingerprint density at radius 2 is 1.54 bits per heavy atom. The number of allylic oxidation sites excluding steroid dienone is 2. The highest BCUT2D eigenvalue weighted by Crippen LogP contribution is 2.24. The average Bonchev–Trinajstić information content (AvgIpc) is 2.70. The van der Waals surface area contributed by atoms with Gasteiger partial charge in [0, 0.05) is 15.6 Å². The molecule has 0 radical (unpaired) electrons. The summed E-state index contributed by atoms with van der Waals surface area (Å²) in [6.45, 7) is 7.31. The summed E-state index contributed by atoms with van der Waals surface area (Å²) in [5, 5.41) is 6.62. The topological polar surface area (TPSA) is 58.2 Å². The van der Waals surface area contributed by atoms with Crippen LogP contribution >= 0.6 is 23.2 Å². The summed E-state index contributed by atoms with van der Waals surface area (Å²) in [5.41, 5.74) is 2.01. The molecule has 2 aromatic carbocycles. The minimum Gasteiger partial charge on any atom is -0.344 e. The van der Waals surface area contributed by atoms with E-state index in [1.54, 1.807) is 54.6 Å². The number of hydrogen-bond donors (Lipinski definition) is 2. The van der Waals surface area contributed by atoms with E-state index in [1.165, 1.54) is 0 Å². The molecule has 0 unspecified atom stereocenters. The van der Waals surface area contributed by atoms with Crippen LogP contribution in [0.2, 0.25) is 10.0 Å². The van der Waals surface area contributed by atoms with E-state index in [0.29, 0.717) is 15.6 Å². The summed E-state index contributed by atoms with van der Waals surface area (Å²) in [7, 11) is 0. The van der Waals surface area contributed by atoms with Crippen LogP contribution in [-0.2, 0) is 4.79 Å². The van der Waals surface area contributed by atoms with Crippen LogP contribution in [0.5, 0.6) is 0 Å². The molecule has 0 spiro atoms. The molecule has 2 N–H and O–H groups in total. The van der Waals surface area contributed by atoms with Crippen LogP contribution in [-0.4, -0.2) is 18.4 Å². The van der Waals surface area contributed by atoms with Gasteiger partial charge in [0.05, 0.1) is 12.6 Å². The van der Waals surface area contributed by atoms with Crippen LogP contribution in [0.4, 0.5) is 0 Å². The lowest BCUT2D eigenvalue weighted by atomic mass is 9.98. The van der Waals surface area contributed by atoms with E-state index in [2.05, 4.69) is 23.8 Å². The Morgan fingerprint density at radius 1 is 0.964 bits per heavy atom. The van der Waals surface area contributed by atoms with Crippen molar-refractivity contribution in [3.05, 3.63) is 107 Å². The second-order valence-electron chi connectivity index (χ2n) is 5.85. The zero-order chi connectivity index (χ0) is 20.5. The van der Waals surface area contributed by atoms with E-state index < -0.39 is 6.04 Å². The van der Waals surface area contributed by atoms with Crippen molar-refractivity contribution in [1.29, 1.82) is 0 Å². The molecule has 0 saturated carbocycles. The second kappa shape index (κ2) is 10.5. The van der Waals surface area contributed by atoms with Gasteiger partial charge in [0.15, 0.2) is 0 Å². The minimum atomic E-state index is -0.451. The van der Waals surface area contributed by atoms with Gasteiger partial charge in [-0.3, -0.25) is 9.59 Å². The van der Waals surface area contributed by atoms with E-state index in [4.69, 9.17) is 23.2 Å². The smallest absolute Gasteiger partial charge is 0.251 e. The predicted octanol–water partition coefficient (Wildman–Crippen LogP) is 4.88. The Bertz CT molecular complexity index is 888. The molecule has 144 valence electrons. The van der Waals surface area contributed by atoms with Crippen molar-refractivity contribution in [1.82, 2.24) is 10.6 Å². The quantitative estimate of drug-likeness (QED) is 0.604. The van der Waals surface area contributed by atoms with Gasteiger partial charge in [0.1, 0.15) is 0 Å². The number of nitrogens with one attached hydrogen (secondary N) is 2. The molecule has 0 aliphatic carbocycles. The zero-order valence-corrected chi connectivity index (χ0v) is 16.6. The number of carbonyl (C=O) groups is 2. The molecule has 0 fully saturated rings. The molecule has 2 rings (SSSR count). The first kappa shape index (κ1) is 21.5. The number of benzene rings is 2. The number of hydrogen-bond acceptors (Lipinski definition) is 2. The van der Waals surface area contributed by atoms with Gasteiger partial charge < -0.3 is 10.6 Å². The standard InChI is InChI=1S/C22H20Cl2N2O2/c1-3-5-15(4-2)21(16-6-10-18(23)11-7-16)26-20(27)14-25-22(28)17-8-12-19(24)13-9-17/h3-13,21H,1-2,14H2,(H,25,28)(H,26,27)/b15-5+/t21-/m1/s1. The van der Waals surface area contributed by atoms with Gasteiger partial charge >= 0.3 is 0 Å². The number of amides is 2. The maximum absolute atomic E-state index is 12.4. The lowest BCUT2D eigenvalue weighted by Crippen LogP contribution is -2.39. The largest absolute Gasteiger partial charge is 0.344 e. The van der Waals surface area contributed by atoms with Crippen molar-refractivity contribution in [3.8, 4) is 0 Å². The predicted molar refractivity (Wildman–Crippen MR) is 115 cm³/mol. The fourth-order valence-electron chi connectivity index (χ4n) is 2.51. The van der Waals surface area contributed by atoms with Crippen molar-refractivity contribution in [3.63, 3.8) is 0 Å². The molecule has 2 aromatic rings. The number of rotatable bonds is 8. The lowest BCUT2D eigenvalue weighted by molar-refractivity contribution is -0.120. The first-order valence-corrected chi connectivity index (χ1v) is 9.24. The van der Waals surface area contributed by atoms with Crippen LogP contribution in [0.25, 0.3) is 0 Å². The van der Waals surface area contributed by atoms with Crippen LogP contribution in [0.3, 0.4) is 0 Å².